The van der Waals surface area contributed by atoms with Crippen LogP contribution in [0.1, 0.15) is 43.0 Å². The van der Waals surface area contributed by atoms with Crippen LogP contribution in [0.5, 0.6) is 0 Å². The van der Waals surface area contributed by atoms with Crippen LogP contribution >= 0.6 is 0 Å². The predicted molar refractivity (Wildman–Crippen MR) is 69.0 cm³/mol. The highest BCUT2D eigenvalue weighted by Gasteiger charge is 2.27. The molecule has 0 spiro atoms. The first-order valence-corrected chi connectivity index (χ1v) is 7.67. The van der Waals surface area contributed by atoms with Crippen LogP contribution in [0.3, 0.4) is 0 Å². The number of hydrogen-bond donors (Lipinski definition) is 1. The van der Waals surface area contributed by atoms with Gasteiger partial charge in [-0.05, 0) is 31.4 Å². The number of sulfonamides is 1. The van der Waals surface area contributed by atoms with Crippen molar-refractivity contribution in [2.45, 2.75) is 43.5 Å². The van der Waals surface area contributed by atoms with Crippen LogP contribution in [0.25, 0.3) is 0 Å². The molecule has 0 atom stereocenters. The number of nitrogens with one attached hydrogen (secondary N) is 1. The molecule has 18 heavy (non-hydrogen) atoms. The lowest BCUT2D eigenvalue weighted by Gasteiger charge is -2.06. The van der Waals surface area contributed by atoms with E-state index in [1.165, 1.54) is 12.1 Å². The van der Waals surface area contributed by atoms with Crippen LogP contribution in [0.15, 0.2) is 29.2 Å². The molecule has 1 aliphatic rings. The summed E-state index contributed by atoms with van der Waals surface area (Å²) in [5, 5.41) is 0. The van der Waals surface area contributed by atoms with Gasteiger partial charge in [0.2, 0.25) is 10.0 Å². The van der Waals surface area contributed by atoms with Gasteiger partial charge >= 0.3 is 0 Å². The van der Waals surface area contributed by atoms with E-state index in [0.29, 0.717) is 12.0 Å². The van der Waals surface area contributed by atoms with Crippen LogP contribution in [-0.4, -0.2) is 20.2 Å². The largest absolute Gasteiger partial charge is 0.294 e. The maximum Gasteiger partial charge on any atom is 0.240 e. The van der Waals surface area contributed by atoms with E-state index in [4.69, 9.17) is 0 Å². The normalized spacial score (nSPS) is 15.6. The molecule has 0 bridgehead atoms. The van der Waals surface area contributed by atoms with Crippen LogP contribution in [0.4, 0.5) is 0 Å². The number of hydrogen-bond acceptors (Lipinski definition) is 3. The Labute approximate surface area is 107 Å². The van der Waals surface area contributed by atoms with Crippen molar-refractivity contribution in [2.24, 2.45) is 0 Å². The second-order valence-corrected chi connectivity index (χ2v) is 6.31. The lowest BCUT2D eigenvalue weighted by atomic mass is 10.1. The molecular formula is C13H17NO3S. The summed E-state index contributed by atoms with van der Waals surface area (Å²) in [6.07, 6.45) is 3.10. The molecule has 1 aromatic rings. The summed E-state index contributed by atoms with van der Waals surface area (Å²) in [5.74, 6) is 0.0524. The zero-order valence-corrected chi connectivity index (χ0v) is 11.2. The number of rotatable bonds is 6. The maximum absolute atomic E-state index is 11.9. The Bertz CT molecular complexity index is 530. The van der Waals surface area contributed by atoms with Gasteiger partial charge in [0.1, 0.15) is 0 Å². The predicted octanol–water partition coefficient (Wildman–Crippen LogP) is 2.11. The number of ketones is 1. The minimum Gasteiger partial charge on any atom is -0.294 e. The molecule has 1 N–H and O–H groups in total. The Kier molecular flexibility index (Phi) is 3.82. The third-order valence-corrected chi connectivity index (χ3v) is 4.40. The molecular weight excluding hydrogens is 250 g/mol. The van der Waals surface area contributed by atoms with Gasteiger partial charge in [-0.25, -0.2) is 13.1 Å². The third-order valence-electron chi connectivity index (χ3n) is 2.86. The van der Waals surface area contributed by atoms with Gasteiger partial charge in [-0.15, -0.1) is 0 Å². The van der Waals surface area contributed by atoms with E-state index in [-0.39, 0.29) is 16.7 Å². The molecule has 0 aliphatic heterocycles. The van der Waals surface area contributed by atoms with Crippen molar-refractivity contribution < 1.29 is 13.2 Å². The second-order valence-electron chi connectivity index (χ2n) is 4.59. The van der Waals surface area contributed by atoms with Crippen LogP contribution < -0.4 is 4.72 Å². The smallest absolute Gasteiger partial charge is 0.240 e. The molecule has 0 unspecified atom stereocenters. The summed E-state index contributed by atoms with van der Waals surface area (Å²) in [4.78, 5) is 11.9. The van der Waals surface area contributed by atoms with Crippen molar-refractivity contribution in [3.63, 3.8) is 0 Å². The first kappa shape index (κ1) is 13.2. The summed E-state index contributed by atoms with van der Waals surface area (Å²) in [6, 6.07) is 6.25. The maximum atomic E-state index is 11.9. The molecule has 0 radical (unpaired) electrons. The summed E-state index contributed by atoms with van der Waals surface area (Å²) >= 11 is 0. The molecule has 0 amide bonds. The second kappa shape index (κ2) is 5.20. The number of carbonyl (C=O) groups excluding carboxylic acids is 1. The van der Waals surface area contributed by atoms with E-state index in [1.54, 1.807) is 12.1 Å². The monoisotopic (exact) mass is 267 g/mol. The number of carbonyl (C=O) groups is 1. The molecule has 4 nitrogen and oxygen atoms in total. The van der Waals surface area contributed by atoms with E-state index >= 15 is 0 Å². The minimum absolute atomic E-state index is 0.0524. The molecule has 1 fully saturated rings. The summed E-state index contributed by atoms with van der Waals surface area (Å²) in [5.41, 5.74) is 0.572. The highest BCUT2D eigenvalue weighted by Crippen LogP contribution is 2.22. The molecule has 5 heteroatoms. The van der Waals surface area contributed by atoms with Gasteiger partial charge in [-0.3, -0.25) is 4.79 Å². The highest BCUT2D eigenvalue weighted by atomic mass is 32.2. The SMILES string of the molecule is CCCC(=O)c1ccc(S(=O)(=O)NC2CC2)cc1. The van der Waals surface area contributed by atoms with Crippen molar-refractivity contribution >= 4 is 15.8 Å². The van der Waals surface area contributed by atoms with Crippen molar-refractivity contribution in [2.75, 3.05) is 0 Å². The Morgan fingerprint density at radius 1 is 1.28 bits per heavy atom. The Morgan fingerprint density at radius 3 is 2.39 bits per heavy atom. The molecule has 0 saturated heterocycles. The van der Waals surface area contributed by atoms with Gasteiger partial charge in [0.25, 0.3) is 0 Å². The molecule has 1 aliphatic carbocycles. The van der Waals surface area contributed by atoms with E-state index in [0.717, 1.165) is 19.3 Å². The van der Waals surface area contributed by atoms with E-state index in [2.05, 4.69) is 4.72 Å². The molecule has 2 rings (SSSR count). The molecule has 1 saturated carbocycles. The zero-order valence-electron chi connectivity index (χ0n) is 10.3. The van der Waals surface area contributed by atoms with Crippen LogP contribution in [0.2, 0.25) is 0 Å². The highest BCUT2D eigenvalue weighted by molar-refractivity contribution is 7.89. The zero-order chi connectivity index (χ0) is 13.2. The van der Waals surface area contributed by atoms with E-state index in [1.807, 2.05) is 6.92 Å². The lowest BCUT2D eigenvalue weighted by Crippen LogP contribution is -2.25. The van der Waals surface area contributed by atoms with Gasteiger partial charge in [0, 0.05) is 18.0 Å². The standard InChI is InChI=1S/C13H17NO3S/c1-2-3-13(15)10-4-8-12(9-5-10)18(16,17)14-11-6-7-11/h4-5,8-9,11,14H,2-3,6-7H2,1H3. The Balaban J connectivity index is 2.13. The lowest BCUT2D eigenvalue weighted by molar-refractivity contribution is 0.0981. The van der Waals surface area contributed by atoms with Crippen molar-refractivity contribution in [1.29, 1.82) is 0 Å². The van der Waals surface area contributed by atoms with Crippen molar-refractivity contribution in [3.05, 3.63) is 29.8 Å². The van der Waals surface area contributed by atoms with E-state index in [9.17, 15) is 13.2 Å². The van der Waals surface area contributed by atoms with Gasteiger partial charge < -0.3 is 0 Å². The van der Waals surface area contributed by atoms with E-state index < -0.39 is 10.0 Å². The minimum atomic E-state index is -3.41. The fraction of sp³-hybridized carbons (Fsp3) is 0.462. The van der Waals surface area contributed by atoms with Crippen molar-refractivity contribution in [3.8, 4) is 0 Å². The molecule has 0 heterocycles. The fourth-order valence-corrected chi connectivity index (χ4v) is 2.99. The third kappa shape index (κ3) is 3.17. The number of Topliss-reactive ketones (excluding diaryl/α,β-unsaturated/α-hetero) is 1. The number of benzene rings is 1. The first-order chi connectivity index (χ1) is 8.53. The molecule has 1 aromatic carbocycles. The Morgan fingerprint density at radius 2 is 1.89 bits per heavy atom. The van der Waals surface area contributed by atoms with Gasteiger partial charge in [0.15, 0.2) is 5.78 Å². The summed E-state index contributed by atoms with van der Waals surface area (Å²) in [7, 11) is -3.41. The first-order valence-electron chi connectivity index (χ1n) is 6.18. The molecule has 98 valence electrons. The van der Waals surface area contributed by atoms with Gasteiger partial charge in [0.05, 0.1) is 4.90 Å². The van der Waals surface area contributed by atoms with Crippen molar-refractivity contribution in [1.82, 2.24) is 4.72 Å². The summed E-state index contributed by atoms with van der Waals surface area (Å²) < 4.78 is 26.4. The average Bonchev–Trinajstić information content (AvgIpc) is 3.13. The van der Waals surface area contributed by atoms with Crippen LogP contribution in [0, 0.1) is 0 Å². The average molecular weight is 267 g/mol. The molecule has 0 aromatic heterocycles. The van der Waals surface area contributed by atoms with Gasteiger partial charge in [-0.1, -0.05) is 19.1 Å². The quantitative estimate of drug-likeness (QED) is 0.803. The Hall–Kier alpha value is -1.20. The fourth-order valence-electron chi connectivity index (χ4n) is 1.68. The summed E-state index contributed by atoms with van der Waals surface area (Å²) in [6.45, 7) is 1.94. The topological polar surface area (TPSA) is 63.2 Å². The van der Waals surface area contributed by atoms with Crippen LogP contribution in [-0.2, 0) is 10.0 Å². The van der Waals surface area contributed by atoms with Gasteiger partial charge in [-0.2, -0.15) is 0 Å².